The topological polar surface area (TPSA) is 47.2 Å². The van der Waals surface area contributed by atoms with Crippen molar-refractivity contribution in [2.75, 3.05) is 5.34 Å². The molecule has 12 heteroatoms. The summed E-state index contributed by atoms with van der Waals surface area (Å²) >= 11 is 9.53. The van der Waals surface area contributed by atoms with Crippen LogP contribution < -0.4 is 0 Å². The lowest BCUT2D eigenvalue weighted by Crippen LogP contribution is -2.32. The van der Waals surface area contributed by atoms with E-state index in [4.69, 9.17) is 23.2 Å². The summed E-state index contributed by atoms with van der Waals surface area (Å²) in [6, 6.07) is 33.9. The Bertz CT molecular complexity index is 2420. The highest BCUT2D eigenvalue weighted by Gasteiger charge is 2.43. The maximum atomic E-state index is 15.0. The number of aromatic nitrogens is 2. The summed E-state index contributed by atoms with van der Waals surface area (Å²) in [5.74, 6) is -12.7. The van der Waals surface area contributed by atoms with E-state index in [1.165, 1.54) is 0 Å². The molecule has 0 spiro atoms. The van der Waals surface area contributed by atoms with Crippen LogP contribution in [0.3, 0.4) is 0 Å². The van der Waals surface area contributed by atoms with Gasteiger partial charge in [0.2, 0.25) is 5.82 Å². The lowest BCUT2D eigenvalue weighted by Gasteiger charge is -2.17. The lowest BCUT2D eigenvalue weighted by atomic mass is 9.95. The molecule has 8 rings (SSSR count). The molecule has 0 saturated carbocycles. The third-order valence-electron chi connectivity index (χ3n) is 9.29. The van der Waals surface area contributed by atoms with Crippen LogP contribution in [0, 0.1) is 29.1 Å². The zero-order valence-corrected chi connectivity index (χ0v) is 29.7. The number of hydrogen-bond donors (Lipinski definition) is 0. The zero-order valence-electron chi connectivity index (χ0n) is 28.2. The molecule has 2 aromatic heterocycles. The van der Waals surface area contributed by atoms with Gasteiger partial charge in [-0.05, 0) is 23.3 Å². The molecule has 5 nitrogen and oxygen atoms in total. The third kappa shape index (κ3) is 6.56. The predicted molar refractivity (Wildman–Crippen MR) is 200 cm³/mol. The van der Waals surface area contributed by atoms with Gasteiger partial charge in [-0.1, -0.05) is 97.1 Å². The van der Waals surface area contributed by atoms with E-state index in [9.17, 15) is 31.5 Å². The van der Waals surface area contributed by atoms with Crippen LogP contribution >= 0.6 is 23.2 Å². The first kappa shape index (κ1) is 36.6. The van der Waals surface area contributed by atoms with Gasteiger partial charge < -0.3 is 9.13 Å². The largest absolute Gasteiger partial charge is 0.342 e. The minimum absolute atomic E-state index is 0.0468. The van der Waals surface area contributed by atoms with E-state index in [1.54, 1.807) is 36.7 Å². The smallest absolute Gasteiger partial charge is 0.262 e. The molecule has 0 radical (unpaired) electrons. The Morgan fingerprint density at radius 3 is 1.22 bits per heavy atom. The number of amides is 2. The van der Waals surface area contributed by atoms with E-state index in [1.807, 2.05) is 94.1 Å². The number of imide groups is 1. The van der Waals surface area contributed by atoms with Crippen LogP contribution in [-0.4, -0.2) is 31.2 Å². The highest BCUT2D eigenvalue weighted by Crippen LogP contribution is 2.43. The zero-order chi connectivity index (χ0) is 38.1. The number of para-hydroxylation sites is 2. The average Bonchev–Trinajstić information content (AvgIpc) is 3.81. The van der Waals surface area contributed by atoms with Crippen molar-refractivity contribution in [2.24, 2.45) is 0 Å². The van der Waals surface area contributed by atoms with E-state index >= 15 is 0 Å². The van der Waals surface area contributed by atoms with Crippen molar-refractivity contribution in [3.63, 3.8) is 0 Å². The summed E-state index contributed by atoms with van der Waals surface area (Å²) in [4.78, 5) is 29.6. The first-order valence-electron chi connectivity index (χ1n) is 16.6. The number of nitrogens with zero attached hydrogens (tertiary/aromatic N) is 3. The first-order chi connectivity index (χ1) is 26.1. The van der Waals surface area contributed by atoms with Crippen LogP contribution in [0.5, 0.6) is 0 Å². The SMILES string of the molecule is ClCCl.O=C1C(c2cn(Cc3ccccc3)c3ccccc23)=C(c2cn(Cc3ccccc3)c3ccccc23)C(=O)N1Cc1c(F)c(F)c(F)c(F)c1F. The summed E-state index contributed by atoms with van der Waals surface area (Å²) in [6.45, 7) is -0.324. The van der Waals surface area contributed by atoms with Crippen LogP contribution in [0.1, 0.15) is 27.8 Å². The number of carbonyl (C=O) groups excluding carboxylic acids is 2. The second-order valence-corrected chi connectivity index (χ2v) is 13.3. The second-order valence-electron chi connectivity index (χ2n) is 12.4. The summed E-state index contributed by atoms with van der Waals surface area (Å²) in [7, 11) is 0. The van der Waals surface area contributed by atoms with E-state index in [0.717, 1.165) is 22.2 Å². The Hall–Kier alpha value is -5.71. The highest BCUT2D eigenvalue weighted by atomic mass is 35.5. The van der Waals surface area contributed by atoms with Gasteiger partial charge in [0.25, 0.3) is 11.8 Å². The van der Waals surface area contributed by atoms with Gasteiger partial charge in [-0.3, -0.25) is 14.5 Å². The molecular formula is C42H28Cl2F5N3O2. The Labute approximate surface area is 316 Å². The van der Waals surface area contributed by atoms with Gasteiger partial charge in [0.05, 0.1) is 23.0 Å². The highest BCUT2D eigenvalue weighted by molar-refractivity contribution is 6.50. The molecule has 5 aromatic carbocycles. The van der Waals surface area contributed by atoms with Crippen molar-refractivity contribution in [3.8, 4) is 0 Å². The molecule has 0 unspecified atom stereocenters. The van der Waals surface area contributed by atoms with Crippen molar-refractivity contribution < 1.29 is 31.5 Å². The molecule has 54 heavy (non-hydrogen) atoms. The summed E-state index contributed by atoms with van der Waals surface area (Å²) in [5.41, 5.74) is 2.86. The normalized spacial score (nSPS) is 13.0. The van der Waals surface area contributed by atoms with Crippen LogP contribution in [-0.2, 0) is 29.2 Å². The van der Waals surface area contributed by atoms with Gasteiger partial charge in [-0.2, -0.15) is 0 Å². The minimum atomic E-state index is -2.33. The average molecular weight is 773 g/mol. The van der Waals surface area contributed by atoms with Crippen molar-refractivity contribution in [2.45, 2.75) is 19.6 Å². The number of halogens is 7. The van der Waals surface area contributed by atoms with Gasteiger partial charge >= 0.3 is 0 Å². The van der Waals surface area contributed by atoms with Crippen molar-refractivity contribution in [1.29, 1.82) is 0 Å². The van der Waals surface area contributed by atoms with Crippen LogP contribution in [0.4, 0.5) is 22.0 Å². The first-order valence-corrected chi connectivity index (χ1v) is 17.7. The molecule has 3 heterocycles. The number of carbonyl (C=O) groups is 2. The Morgan fingerprint density at radius 2 is 0.815 bits per heavy atom. The number of hydrogen-bond acceptors (Lipinski definition) is 2. The van der Waals surface area contributed by atoms with Crippen LogP contribution in [0.25, 0.3) is 33.0 Å². The molecule has 0 aliphatic carbocycles. The summed E-state index contributed by atoms with van der Waals surface area (Å²) < 4.78 is 76.4. The Morgan fingerprint density at radius 1 is 0.463 bits per heavy atom. The van der Waals surface area contributed by atoms with Gasteiger partial charge in [-0.25, -0.2) is 22.0 Å². The Kier molecular flexibility index (Phi) is 10.4. The molecule has 0 fully saturated rings. The van der Waals surface area contributed by atoms with Crippen molar-refractivity contribution in [3.05, 3.63) is 178 Å². The molecule has 7 aromatic rings. The van der Waals surface area contributed by atoms with E-state index in [0.29, 0.717) is 39.9 Å². The molecule has 2 amide bonds. The maximum Gasteiger partial charge on any atom is 0.262 e. The van der Waals surface area contributed by atoms with Gasteiger partial charge in [0.15, 0.2) is 23.3 Å². The predicted octanol–water partition coefficient (Wildman–Crippen LogP) is 10.3. The fourth-order valence-electron chi connectivity index (χ4n) is 6.88. The summed E-state index contributed by atoms with van der Waals surface area (Å²) in [5, 5.41) is 1.46. The van der Waals surface area contributed by atoms with Crippen molar-refractivity contribution in [1.82, 2.24) is 14.0 Å². The number of rotatable bonds is 8. The quantitative estimate of drug-likeness (QED) is 0.0508. The fourth-order valence-corrected chi connectivity index (χ4v) is 6.88. The monoisotopic (exact) mass is 771 g/mol. The molecule has 1 aliphatic heterocycles. The summed E-state index contributed by atoms with van der Waals surface area (Å²) in [6.07, 6.45) is 3.51. The Balaban J connectivity index is 0.00000145. The molecule has 272 valence electrons. The molecular weight excluding hydrogens is 744 g/mol. The van der Waals surface area contributed by atoms with Gasteiger partial charge in [0.1, 0.15) is 0 Å². The fraction of sp³-hybridized carbons (Fsp3) is 0.0952. The number of alkyl halides is 2. The molecule has 1 aliphatic rings. The number of fused-ring (bicyclic) bond motifs is 2. The second kappa shape index (κ2) is 15.3. The molecule has 0 saturated heterocycles. The van der Waals surface area contributed by atoms with Crippen LogP contribution in [0.15, 0.2) is 122 Å². The van der Waals surface area contributed by atoms with Gasteiger partial charge in [0, 0.05) is 64.0 Å². The minimum Gasteiger partial charge on any atom is -0.342 e. The van der Waals surface area contributed by atoms with Crippen molar-refractivity contribution >= 4 is 68.0 Å². The molecule has 0 atom stereocenters. The standard InChI is InChI=1S/C41H26F5N3O2.CH2Cl2/c42-35-30(36(43)38(45)39(46)37(35)44)23-49-40(50)33(28-21-47(19-24-11-3-1-4-12-24)31-17-9-7-15-26(28)31)34(41(49)51)29-22-48(20-25-13-5-2-6-14-25)32-18-10-8-16-27(29)32;2-1-3/h1-18,21-22H,19-20,23H2;1H2. The lowest BCUT2D eigenvalue weighted by molar-refractivity contribution is -0.136. The van der Waals surface area contributed by atoms with Crippen LogP contribution in [0.2, 0.25) is 0 Å². The van der Waals surface area contributed by atoms with Gasteiger partial charge in [-0.15, -0.1) is 23.2 Å². The van der Waals surface area contributed by atoms with E-state index in [-0.39, 0.29) is 16.5 Å². The third-order valence-corrected chi connectivity index (χ3v) is 9.29. The number of benzene rings is 5. The molecule has 0 bridgehead atoms. The molecule has 0 N–H and O–H groups in total. The maximum absolute atomic E-state index is 15.0. The van der Waals surface area contributed by atoms with E-state index in [2.05, 4.69) is 0 Å². The van der Waals surface area contributed by atoms with E-state index < -0.39 is 53.0 Å².